The van der Waals surface area contributed by atoms with E-state index < -0.39 is 0 Å². The third-order valence-electron chi connectivity index (χ3n) is 6.15. The second-order valence-electron chi connectivity index (χ2n) is 8.70. The average molecular weight is 523 g/mol. The van der Waals surface area contributed by atoms with E-state index in [1.54, 1.807) is 37.7 Å². The lowest BCUT2D eigenvalue weighted by atomic mass is 9.99. The Morgan fingerprint density at radius 1 is 1.11 bits per heavy atom. The number of carbonyl (C=O) groups is 1. The van der Waals surface area contributed by atoms with Crippen LogP contribution in [0.25, 0.3) is 22.2 Å². The van der Waals surface area contributed by atoms with Crippen LogP contribution in [-0.4, -0.2) is 43.7 Å². The summed E-state index contributed by atoms with van der Waals surface area (Å²) in [6, 6.07) is 12.6. The van der Waals surface area contributed by atoms with Crippen LogP contribution in [0, 0.1) is 0 Å². The van der Waals surface area contributed by atoms with Crippen LogP contribution < -0.4 is 19.7 Å². The number of pyridine rings is 2. The molecule has 36 heavy (non-hydrogen) atoms. The van der Waals surface area contributed by atoms with Gasteiger partial charge in [0.15, 0.2) is 0 Å². The minimum Gasteiger partial charge on any atom is -0.497 e. The molecule has 1 amide bonds. The van der Waals surface area contributed by atoms with Gasteiger partial charge < -0.3 is 19.7 Å². The van der Waals surface area contributed by atoms with Crippen molar-refractivity contribution in [2.24, 2.45) is 0 Å². The average Bonchev–Trinajstić information content (AvgIpc) is 2.86. The quantitative estimate of drug-likeness (QED) is 0.350. The molecule has 3 heterocycles. The van der Waals surface area contributed by atoms with Crippen molar-refractivity contribution < 1.29 is 14.3 Å². The maximum atomic E-state index is 13.6. The molecule has 0 bridgehead atoms. The van der Waals surface area contributed by atoms with Crippen molar-refractivity contribution in [2.75, 3.05) is 32.7 Å². The van der Waals surface area contributed by atoms with E-state index in [0.717, 1.165) is 22.2 Å². The number of anilines is 1. The number of amides is 1. The summed E-state index contributed by atoms with van der Waals surface area (Å²) in [7, 11) is 5.41. The molecule has 0 radical (unpaired) electrons. The standard InChI is InChI=1S/C27H24Cl2N4O3/c1-33(2)26-20-6-8-30-24(15-10-16(28)12-17(29)11-15)25(20)31-14-21(26)27(34)32-22-7-9-36-23-13-18(35-3)4-5-19(22)23/h4-6,8,10-14,22H,7,9H2,1-3H3,(H,32,34)/t22-/m0/s1. The number of carbonyl (C=O) groups excluding carboxylic acids is 1. The van der Waals surface area contributed by atoms with Crippen LogP contribution in [0.5, 0.6) is 11.5 Å². The molecular weight excluding hydrogens is 499 g/mol. The number of fused-ring (bicyclic) bond motifs is 2. The molecule has 5 rings (SSSR count). The number of ether oxygens (including phenoxy) is 2. The van der Waals surface area contributed by atoms with Crippen LogP contribution in [0.3, 0.4) is 0 Å². The Morgan fingerprint density at radius 2 is 1.89 bits per heavy atom. The molecule has 2 aromatic heterocycles. The monoisotopic (exact) mass is 522 g/mol. The molecule has 9 heteroatoms. The van der Waals surface area contributed by atoms with Crippen molar-refractivity contribution in [3.8, 4) is 22.8 Å². The van der Waals surface area contributed by atoms with Gasteiger partial charge in [-0.05, 0) is 36.4 Å². The molecule has 0 saturated heterocycles. The third-order valence-corrected chi connectivity index (χ3v) is 6.59. The molecule has 0 fully saturated rings. The van der Waals surface area contributed by atoms with Gasteiger partial charge >= 0.3 is 0 Å². The maximum absolute atomic E-state index is 13.6. The van der Waals surface area contributed by atoms with Gasteiger partial charge in [-0.15, -0.1) is 0 Å². The van der Waals surface area contributed by atoms with E-state index in [1.165, 1.54) is 0 Å². The summed E-state index contributed by atoms with van der Waals surface area (Å²) in [5, 5.41) is 4.99. The number of nitrogens with zero attached hydrogens (tertiary/aromatic N) is 3. The van der Waals surface area contributed by atoms with Crippen molar-refractivity contribution in [1.82, 2.24) is 15.3 Å². The van der Waals surface area contributed by atoms with Crippen LogP contribution in [-0.2, 0) is 0 Å². The van der Waals surface area contributed by atoms with Crippen molar-refractivity contribution >= 4 is 45.7 Å². The molecule has 0 saturated carbocycles. The van der Waals surface area contributed by atoms with E-state index in [2.05, 4.69) is 15.3 Å². The van der Waals surface area contributed by atoms with Crippen LogP contribution >= 0.6 is 23.2 Å². The van der Waals surface area contributed by atoms with Gasteiger partial charge in [-0.25, -0.2) is 0 Å². The first-order valence-corrected chi connectivity index (χ1v) is 12.1. The second-order valence-corrected chi connectivity index (χ2v) is 9.57. The number of rotatable bonds is 5. The Labute approximate surface area is 219 Å². The number of aromatic nitrogens is 2. The van der Waals surface area contributed by atoms with Crippen molar-refractivity contribution in [2.45, 2.75) is 12.5 Å². The summed E-state index contributed by atoms with van der Waals surface area (Å²) in [5.41, 5.74) is 4.17. The molecule has 2 aromatic carbocycles. The number of nitrogens with one attached hydrogen (secondary N) is 1. The zero-order valence-corrected chi connectivity index (χ0v) is 21.5. The van der Waals surface area contributed by atoms with Gasteiger partial charge in [-0.3, -0.25) is 14.8 Å². The van der Waals surface area contributed by atoms with Gasteiger partial charge in [0.2, 0.25) is 0 Å². The Balaban J connectivity index is 1.55. The lowest BCUT2D eigenvalue weighted by Gasteiger charge is -2.28. The Morgan fingerprint density at radius 3 is 2.61 bits per heavy atom. The molecule has 0 spiro atoms. The van der Waals surface area contributed by atoms with E-state index in [4.69, 9.17) is 32.7 Å². The SMILES string of the molecule is COc1ccc2c(c1)OCC[C@@H]2NC(=O)c1cnc2c(-c3cc(Cl)cc(Cl)c3)nccc2c1N(C)C. The van der Waals surface area contributed by atoms with Gasteiger partial charge in [-0.1, -0.05) is 23.2 Å². The van der Waals surface area contributed by atoms with E-state index in [9.17, 15) is 4.79 Å². The van der Waals surface area contributed by atoms with Crippen LogP contribution in [0.2, 0.25) is 10.0 Å². The topological polar surface area (TPSA) is 76.6 Å². The Bertz CT molecular complexity index is 1460. The van der Waals surface area contributed by atoms with Crippen molar-refractivity contribution in [3.63, 3.8) is 0 Å². The highest BCUT2D eigenvalue weighted by Crippen LogP contribution is 2.37. The predicted octanol–water partition coefficient (Wildman–Crippen LogP) is 5.93. The first kappa shape index (κ1) is 24.2. The van der Waals surface area contributed by atoms with E-state index >= 15 is 0 Å². The summed E-state index contributed by atoms with van der Waals surface area (Å²) >= 11 is 12.5. The Hall–Kier alpha value is -3.55. The van der Waals surface area contributed by atoms with E-state index in [0.29, 0.717) is 51.3 Å². The summed E-state index contributed by atoms with van der Waals surface area (Å²) in [4.78, 5) is 24.7. The van der Waals surface area contributed by atoms with Gasteiger partial charge in [0.1, 0.15) is 11.5 Å². The van der Waals surface area contributed by atoms with Crippen molar-refractivity contribution in [1.29, 1.82) is 0 Å². The number of benzene rings is 2. The molecule has 0 aliphatic carbocycles. The first-order chi connectivity index (χ1) is 17.4. The van der Waals surface area contributed by atoms with Gasteiger partial charge in [0.05, 0.1) is 42.2 Å². The molecule has 184 valence electrons. The molecular formula is C27H24Cl2N4O3. The normalized spacial score (nSPS) is 14.6. The molecule has 1 atom stereocenters. The largest absolute Gasteiger partial charge is 0.497 e. The van der Waals surface area contributed by atoms with Gasteiger partial charge in [-0.2, -0.15) is 0 Å². The zero-order chi connectivity index (χ0) is 25.4. The second kappa shape index (κ2) is 9.84. The van der Waals surface area contributed by atoms with Crippen molar-refractivity contribution in [3.05, 3.63) is 76.0 Å². The fourth-order valence-corrected chi connectivity index (χ4v) is 5.07. The summed E-state index contributed by atoms with van der Waals surface area (Å²) in [5.74, 6) is 1.21. The zero-order valence-electron chi connectivity index (χ0n) is 20.0. The summed E-state index contributed by atoms with van der Waals surface area (Å²) in [6.07, 6.45) is 3.95. The minimum atomic E-state index is -0.217. The molecule has 4 aromatic rings. The number of hydrogen-bond acceptors (Lipinski definition) is 6. The highest BCUT2D eigenvalue weighted by Gasteiger charge is 2.26. The summed E-state index contributed by atoms with van der Waals surface area (Å²) in [6.45, 7) is 0.499. The minimum absolute atomic E-state index is 0.195. The summed E-state index contributed by atoms with van der Waals surface area (Å²) < 4.78 is 11.1. The molecule has 0 unspecified atom stereocenters. The molecule has 1 aliphatic rings. The van der Waals surface area contributed by atoms with Crippen LogP contribution in [0.4, 0.5) is 5.69 Å². The maximum Gasteiger partial charge on any atom is 0.255 e. The molecule has 7 nitrogen and oxygen atoms in total. The number of halogens is 2. The smallest absolute Gasteiger partial charge is 0.255 e. The fraction of sp³-hybridized carbons (Fsp3) is 0.222. The number of hydrogen-bond donors (Lipinski definition) is 1. The lowest BCUT2D eigenvalue weighted by molar-refractivity contribution is 0.0925. The van der Waals surface area contributed by atoms with Gasteiger partial charge in [0.25, 0.3) is 5.91 Å². The Kier molecular flexibility index (Phi) is 6.60. The fourth-order valence-electron chi connectivity index (χ4n) is 4.54. The lowest BCUT2D eigenvalue weighted by Crippen LogP contribution is -2.33. The van der Waals surface area contributed by atoms with Gasteiger partial charge in [0, 0.05) is 65.5 Å². The van der Waals surface area contributed by atoms with Crippen LogP contribution in [0.1, 0.15) is 28.4 Å². The van der Waals surface area contributed by atoms with E-state index in [1.807, 2.05) is 43.3 Å². The molecule has 1 N–H and O–H groups in total. The van der Waals surface area contributed by atoms with E-state index in [-0.39, 0.29) is 11.9 Å². The highest BCUT2D eigenvalue weighted by molar-refractivity contribution is 6.35. The number of methoxy groups -OCH3 is 1. The first-order valence-electron chi connectivity index (χ1n) is 11.4. The predicted molar refractivity (Wildman–Crippen MR) is 143 cm³/mol. The van der Waals surface area contributed by atoms with Crippen LogP contribution in [0.15, 0.2) is 54.9 Å². The third kappa shape index (κ3) is 4.52. The molecule has 1 aliphatic heterocycles. The highest BCUT2D eigenvalue weighted by atomic mass is 35.5.